The Morgan fingerprint density at radius 1 is 0.895 bits per heavy atom. The Morgan fingerprint density at radius 2 is 1.32 bits per heavy atom. The summed E-state index contributed by atoms with van der Waals surface area (Å²) in [6.07, 6.45) is -11.7. The largest absolute Gasteiger partial charge is 0.465 e. The first-order chi connectivity index (χ1) is 8.53. The lowest BCUT2D eigenvalue weighted by molar-refractivity contribution is -0.435. The van der Waals surface area contributed by atoms with Crippen LogP contribution in [0.3, 0.4) is 0 Å². The van der Waals surface area contributed by atoms with Crippen molar-refractivity contribution in [3.8, 4) is 5.75 Å². The molecule has 0 amide bonds. The third kappa shape index (κ3) is 3.06. The molecule has 0 aromatic heterocycles. The second-order valence-corrected chi connectivity index (χ2v) is 3.75. The van der Waals surface area contributed by atoms with Gasteiger partial charge in [0.15, 0.2) is 0 Å². The maximum absolute atomic E-state index is 12.6. The molecule has 0 heterocycles. The number of hydrogen-bond acceptors (Lipinski definition) is 2. The van der Waals surface area contributed by atoms with Crippen LogP contribution in [0.15, 0.2) is 24.3 Å². The number of ether oxygens (including phenoxy) is 2. The molecule has 0 aliphatic heterocycles. The van der Waals surface area contributed by atoms with Gasteiger partial charge >= 0.3 is 18.1 Å². The summed E-state index contributed by atoms with van der Waals surface area (Å²) in [4.78, 5) is 0. The monoisotopic (exact) mass is 307 g/mol. The molecule has 0 bridgehead atoms. The van der Waals surface area contributed by atoms with Crippen molar-refractivity contribution in [3.63, 3.8) is 0 Å². The fourth-order valence-electron chi connectivity index (χ4n) is 1.14. The van der Waals surface area contributed by atoms with Crippen LogP contribution in [-0.4, -0.2) is 18.1 Å². The summed E-state index contributed by atoms with van der Waals surface area (Å²) < 4.78 is 82.9. The molecule has 9 heteroatoms. The van der Waals surface area contributed by atoms with Gasteiger partial charge in [-0.2, -0.15) is 26.3 Å². The van der Waals surface area contributed by atoms with E-state index >= 15 is 0 Å². The normalized spacial score (nSPS) is 13.5. The van der Waals surface area contributed by atoms with Crippen LogP contribution in [-0.2, 0) is 4.74 Å². The third-order valence-corrected chi connectivity index (χ3v) is 2.28. The summed E-state index contributed by atoms with van der Waals surface area (Å²) in [6.45, 7) is 0. The van der Waals surface area contributed by atoms with Crippen molar-refractivity contribution >= 4 is 11.6 Å². The number of rotatable bonds is 3. The van der Waals surface area contributed by atoms with Gasteiger partial charge in [0, 0.05) is 5.02 Å². The quantitative estimate of drug-likeness (QED) is 0.610. The molecule has 0 fully saturated rings. The molecule has 0 atom stereocenters. The van der Waals surface area contributed by atoms with E-state index in [-0.39, 0.29) is 5.02 Å². The number of alkyl halides is 6. The highest BCUT2D eigenvalue weighted by Gasteiger charge is 2.75. The predicted octanol–water partition coefficient (Wildman–Crippen LogP) is 4.35. The number of hydrogen-bond donors (Lipinski definition) is 0. The molecule has 0 aliphatic rings. The lowest BCUT2D eigenvalue weighted by Gasteiger charge is -2.35. The highest BCUT2D eigenvalue weighted by atomic mass is 35.5. The molecular formula is C10H6ClF6O2. The second-order valence-electron chi connectivity index (χ2n) is 3.31. The molecule has 0 unspecified atom stereocenters. The number of benzene rings is 1. The van der Waals surface area contributed by atoms with Crippen LogP contribution in [0.2, 0.25) is 5.02 Å². The average Bonchev–Trinajstić information content (AvgIpc) is 2.25. The standard InChI is InChI=1S/C10H6ClF6O2/c1-18-8(9(12,13)14,10(15,16)17)19-7-4-2-6(11)3-5-7/h2-5H,1H2. The van der Waals surface area contributed by atoms with Crippen LogP contribution in [0.5, 0.6) is 5.75 Å². The Bertz CT molecular complexity index is 411. The minimum atomic E-state index is -5.87. The molecule has 0 saturated heterocycles. The van der Waals surface area contributed by atoms with Crippen LogP contribution in [0.1, 0.15) is 0 Å². The van der Waals surface area contributed by atoms with Gasteiger partial charge < -0.3 is 9.47 Å². The van der Waals surface area contributed by atoms with E-state index in [1.807, 2.05) is 0 Å². The second kappa shape index (κ2) is 5.09. The molecule has 107 valence electrons. The summed E-state index contributed by atoms with van der Waals surface area (Å²) in [5, 5.41) is 0.118. The minimum Gasteiger partial charge on any atom is -0.447 e. The molecule has 1 aromatic rings. The van der Waals surface area contributed by atoms with E-state index in [4.69, 9.17) is 11.6 Å². The van der Waals surface area contributed by atoms with Crippen LogP contribution in [0.25, 0.3) is 0 Å². The molecule has 1 radical (unpaired) electrons. The zero-order valence-corrected chi connectivity index (χ0v) is 9.73. The molecule has 2 nitrogen and oxygen atoms in total. The van der Waals surface area contributed by atoms with Crippen molar-refractivity contribution in [2.45, 2.75) is 18.1 Å². The van der Waals surface area contributed by atoms with Gasteiger partial charge in [-0.05, 0) is 24.3 Å². The lowest BCUT2D eigenvalue weighted by atomic mass is 10.2. The molecule has 1 rings (SSSR count). The predicted molar refractivity (Wildman–Crippen MR) is 53.4 cm³/mol. The molecule has 0 aliphatic carbocycles. The van der Waals surface area contributed by atoms with Crippen molar-refractivity contribution in [3.05, 3.63) is 36.4 Å². The maximum atomic E-state index is 12.6. The SMILES string of the molecule is [CH2]OC(Oc1ccc(Cl)cc1)(C(F)(F)F)C(F)(F)F. The average molecular weight is 308 g/mol. The van der Waals surface area contributed by atoms with E-state index in [0.717, 1.165) is 24.3 Å². The Kier molecular flexibility index (Phi) is 4.26. The first kappa shape index (κ1) is 15.9. The van der Waals surface area contributed by atoms with Crippen LogP contribution < -0.4 is 4.74 Å². The van der Waals surface area contributed by atoms with E-state index in [0.29, 0.717) is 0 Å². The van der Waals surface area contributed by atoms with E-state index in [1.165, 1.54) is 0 Å². The molecular weight excluding hydrogens is 302 g/mol. The number of halogens is 7. The van der Waals surface area contributed by atoms with Crippen molar-refractivity contribution < 1.29 is 35.8 Å². The van der Waals surface area contributed by atoms with Gasteiger partial charge in [0.05, 0.1) is 7.11 Å². The van der Waals surface area contributed by atoms with Crippen LogP contribution >= 0.6 is 11.6 Å². The van der Waals surface area contributed by atoms with Crippen molar-refractivity contribution in [1.29, 1.82) is 0 Å². The van der Waals surface area contributed by atoms with Crippen molar-refractivity contribution in [2.24, 2.45) is 0 Å². The summed E-state index contributed by atoms with van der Waals surface area (Å²) in [7, 11) is 2.21. The molecule has 0 saturated carbocycles. The summed E-state index contributed by atoms with van der Waals surface area (Å²) in [6, 6.07) is 3.82. The fraction of sp³-hybridized carbons (Fsp3) is 0.300. The molecule has 0 N–H and O–H groups in total. The highest BCUT2D eigenvalue weighted by molar-refractivity contribution is 6.30. The third-order valence-electron chi connectivity index (χ3n) is 2.02. The van der Waals surface area contributed by atoms with E-state index in [9.17, 15) is 26.3 Å². The maximum Gasteiger partial charge on any atom is 0.465 e. The van der Waals surface area contributed by atoms with Gasteiger partial charge in [-0.25, -0.2) is 0 Å². The van der Waals surface area contributed by atoms with Crippen molar-refractivity contribution in [1.82, 2.24) is 0 Å². The zero-order chi connectivity index (χ0) is 14.9. The first-order valence-corrected chi connectivity index (χ1v) is 4.92. The van der Waals surface area contributed by atoms with Gasteiger partial charge in [-0.15, -0.1) is 0 Å². The molecule has 0 spiro atoms. The highest BCUT2D eigenvalue weighted by Crippen LogP contribution is 2.46. The Balaban J connectivity index is 3.22. The Morgan fingerprint density at radius 3 is 1.63 bits per heavy atom. The Labute approximate surface area is 108 Å². The van der Waals surface area contributed by atoms with Gasteiger partial charge in [0.25, 0.3) is 0 Å². The fourth-order valence-corrected chi connectivity index (χ4v) is 1.26. The topological polar surface area (TPSA) is 18.5 Å². The van der Waals surface area contributed by atoms with E-state index in [2.05, 4.69) is 16.6 Å². The summed E-state index contributed by atoms with van der Waals surface area (Å²) >= 11 is 5.45. The smallest absolute Gasteiger partial charge is 0.447 e. The lowest BCUT2D eigenvalue weighted by Crippen LogP contribution is -2.62. The van der Waals surface area contributed by atoms with E-state index in [1.54, 1.807) is 0 Å². The first-order valence-electron chi connectivity index (χ1n) is 4.55. The minimum absolute atomic E-state index is 0.118. The van der Waals surface area contributed by atoms with Gasteiger partial charge in [0.1, 0.15) is 5.75 Å². The van der Waals surface area contributed by atoms with Crippen LogP contribution in [0, 0.1) is 7.11 Å². The van der Waals surface area contributed by atoms with Gasteiger partial charge in [-0.3, -0.25) is 0 Å². The van der Waals surface area contributed by atoms with Crippen LogP contribution in [0.4, 0.5) is 26.3 Å². The van der Waals surface area contributed by atoms with Gasteiger partial charge in [0.2, 0.25) is 0 Å². The molecule has 19 heavy (non-hydrogen) atoms. The van der Waals surface area contributed by atoms with E-state index < -0.39 is 23.9 Å². The summed E-state index contributed by atoms with van der Waals surface area (Å²) in [5.74, 6) is -5.56. The summed E-state index contributed by atoms with van der Waals surface area (Å²) in [5.41, 5.74) is 0. The van der Waals surface area contributed by atoms with Gasteiger partial charge in [-0.1, -0.05) is 11.6 Å². The zero-order valence-electron chi connectivity index (χ0n) is 8.98. The molecule has 1 aromatic carbocycles. The Hall–Kier alpha value is -1.15. The van der Waals surface area contributed by atoms with Crippen molar-refractivity contribution in [2.75, 3.05) is 0 Å².